The third kappa shape index (κ3) is 6.31. The molecule has 164 valence electrons. The number of fused-ring (bicyclic) bond motifs is 3. The molecule has 0 heterocycles. The van der Waals surface area contributed by atoms with Crippen molar-refractivity contribution in [1.29, 1.82) is 0 Å². The number of rotatable bonds is 2. The second-order valence-corrected chi connectivity index (χ2v) is 9.63. The van der Waals surface area contributed by atoms with Crippen LogP contribution < -0.4 is 0 Å². The largest absolute Gasteiger partial charge is 0.126 e. The van der Waals surface area contributed by atoms with Crippen LogP contribution in [0.3, 0.4) is 0 Å². The van der Waals surface area contributed by atoms with Gasteiger partial charge in [0, 0.05) is 0 Å². The number of hydrogen-bond donors (Lipinski definition) is 0. The zero-order chi connectivity index (χ0) is 23.8. The molecule has 0 bridgehead atoms. The third-order valence-electron chi connectivity index (χ3n) is 5.74. The molecule has 0 saturated carbocycles. The number of hydrogen-bond acceptors (Lipinski definition) is 0. The Hall–Kier alpha value is -3.02. The Morgan fingerprint density at radius 1 is 0.676 bits per heavy atom. The van der Waals surface area contributed by atoms with Crippen molar-refractivity contribution >= 4 is 24.8 Å². The minimum absolute atomic E-state index is 0.556. The fourth-order valence-electron chi connectivity index (χ4n) is 4.02. The molecule has 1 atom stereocenters. The Balaban J connectivity index is 0.000000128. The molecule has 6 rings (SSSR count). The van der Waals surface area contributed by atoms with Gasteiger partial charge in [-0.2, -0.15) is 6.08 Å². The van der Waals surface area contributed by atoms with E-state index in [1.165, 1.54) is 65.7 Å². The summed E-state index contributed by atoms with van der Waals surface area (Å²) in [4.78, 5) is 0. The summed E-state index contributed by atoms with van der Waals surface area (Å²) in [6, 6.07) is 40.4. The maximum atomic E-state index is 3.22. The molecule has 1 unspecified atom stereocenters. The molecule has 0 fully saturated rings. The van der Waals surface area contributed by atoms with E-state index in [1.807, 2.05) is 0 Å². The van der Waals surface area contributed by atoms with E-state index in [0.29, 0.717) is 5.92 Å². The van der Waals surface area contributed by atoms with Gasteiger partial charge in [-0.1, -0.05) is 56.2 Å². The summed E-state index contributed by atoms with van der Waals surface area (Å²) in [6.07, 6.45) is 7.47. The Bertz CT molecular complexity index is 1330. The minimum Gasteiger partial charge on any atom is -0.126 e. The molecule has 0 radical (unpaired) electrons. The molecule has 5 aromatic carbocycles. The topological polar surface area (TPSA) is 0 Å². The van der Waals surface area contributed by atoms with Gasteiger partial charge in [-0.15, -0.1) is 39.7 Å². The van der Waals surface area contributed by atoms with Gasteiger partial charge < -0.3 is 0 Å². The van der Waals surface area contributed by atoms with Crippen LogP contribution in [0.15, 0.2) is 133 Å². The van der Waals surface area contributed by atoms with Gasteiger partial charge in [0.05, 0.1) is 0 Å². The van der Waals surface area contributed by atoms with Crippen LogP contribution >= 0.6 is 0 Å². The van der Waals surface area contributed by atoms with Gasteiger partial charge in [-0.25, -0.2) is 11.6 Å². The number of allylic oxidation sites excluding steroid dienone is 4. The van der Waals surface area contributed by atoms with E-state index in [4.69, 9.17) is 0 Å². The summed E-state index contributed by atoms with van der Waals surface area (Å²) in [6.45, 7) is 4.20. The fraction of sp³-hybridized carbons (Fsp3) is 0.0909. The van der Waals surface area contributed by atoms with Crippen molar-refractivity contribution in [2.24, 2.45) is 5.92 Å². The van der Waals surface area contributed by atoms with Crippen molar-refractivity contribution in [3.8, 4) is 0 Å². The van der Waals surface area contributed by atoms with Gasteiger partial charge in [0.2, 0.25) is 0 Å². The summed E-state index contributed by atoms with van der Waals surface area (Å²) in [7, 11) is 0. The van der Waals surface area contributed by atoms with Crippen LogP contribution in [0.2, 0.25) is 0 Å². The molecule has 0 saturated heterocycles. The van der Waals surface area contributed by atoms with Gasteiger partial charge in [-0.05, 0) is 0 Å². The van der Waals surface area contributed by atoms with E-state index in [0.717, 1.165) is 0 Å². The maximum absolute atomic E-state index is 3.22. The second kappa shape index (κ2) is 11.9. The number of benzene rings is 4. The monoisotopic (exact) mass is 514 g/mol. The predicted octanol–water partition coefficient (Wildman–Crippen LogP) is 8.46. The molecule has 0 amide bonds. The molecular weight excluding hydrogens is 488 g/mol. The summed E-state index contributed by atoms with van der Waals surface area (Å²) in [5.41, 5.74) is 3.93. The zero-order valence-corrected chi connectivity index (χ0v) is 22.2. The van der Waals surface area contributed by atoms with Crippen molar-refractivity contribution in [3.05, 3.63) is 150 Å². The van der Waals surface area contributed by atoms with E-state index >= 15 is 0 Å². The van der Waals surface area contributed by atoms with Crippen LogP contribution in [0, 0.1) is 12.0 Å². The van der Waals surface area contributed by atoms with E-state index in [9.17, 15) is 0 Å². The first-order chi connectivity index (χ1) is 16.6. The van der Waals surface area contributed by atoms with Gasteiger partial charge in [-0.3, -0.25) is 6.08 Å². The van der Waals surface area contributed by atoms with Crippen LogP contribution in [0.4, 0.5) is 0 Å². The molecular formula is C33H28Zr. The molecule has 0 aliphatic heterocycles. The Morgan fingerprint density at radius 2 is 1.12 bits per heavy atom. The molecule has 0 spiro atoms. The normalized spacial score (nSPS) is 14.1. The standard InChI is InChI=1S/C13H9.C13H10.C7H9.Zr/c1-3-7-12-10(5-1)9-11-6-2-4-8-13(11)12;1-3-7-12(8-4-1)11-13-9-5-2-6-10-13;1-6-3-4-7(2)5-6;/h1-9H;1-10H;3-4,6H,1-2H3;/q-1;;-1;+2. The molecule has 0 aromatic heterocycles. The van der Waals surface area contributed by atoms with E-state index < -0.39 is 0 Å². The summed E-state index contributed by atoms with van der Waals surface area (Å²) < 4.78 is 1.42. The Labute approximate surface area is 218 Å². The molecule has 1 aliphatic rings. The molecule has 0 nitrogen and oxygen atoms in total. The van der Waals surface area contributed by atoms with Gasteiger partial charge in [0.1, 0.15) is 0 Å². The zero-order valence-electron chi connectivity index (χ0n) is 19.7. The molecule has 0 N–H and O–H groups in total. The quantitative estimate of drug-likeness (QED) is 0.207. The minimum atomic E-state index is 0.556. The first kappa shape index (κ1) is 24.1. The van der Waals surface area contributed by atoms with Crippen LogP contribution in [0.5, 0.6) is 0 Å². The second-order valence-electron chi connectivity index (χ2n) is 8.40. The molecule has 1 heteroatoms. The summed E-state index contributed by atoms with van der Waals surface area (Å²) in [5, 5.41) is 5.39. The third-order valence-corrected chi connectivity index (χ3v) is 7.16. The molecule has 5 aromatic rings. The van der Waals surface area contributed by atoms with E-state index in [1.54, 1.807) is 0 Å². The average Bonchev–Trinajstić information content (AvgIpc) is 3.47. The Morgan fingerprint density at radius 3 is 1.50 bits per heavy atom. The van der Waals surface area contributed by atoms with Crippen LogP contribution in [-0.4, -0.2) is 3.21 Å². The van der Waals surface area contributed by atoms with Crippen molar-refractivity contribution < 1.29 is 24.2 Å². The maximum Gasteiger partial charge on any atom is -0.0771 e. The first-order valence-corrected chi connectivity index (χ1v) is 12.9. The van der Waals surface area contributed by atoms with Gasteiger partial charge >= 0.3 is 99.2 Å². The predicted molar refractivity (Wildman–Crippen MR) is 144 cm³/mol. The fourth-order valence-corrected chi connectivity index (χ4v) is 4.84. The van der Waals surface area contributed by atoms with Crippen LogP contribution in [-0.2, 0) is 24.2 Å². The van der Waals surface area contributed by atoms with E-state index in [-0.39, 0.29) is 0 Å². The van der Waals surface area contributed by atoms with Gasteiger partial charge in [0.15, 0.2) is 0 Å². The molecule has 1 aliphatic carbocycles. The SMILES string of the molecule is CC1=[C-]C(C)C=C1.[Zr+2]=[C](c1ccccc1)c1ccccc1.c1ccc2c(c1)[cH-]c1ccccc12. The van der Waals surface area contributed by atoms with E-state index in [2.05, 4.69) is 147 Å². The van der Waals surface area contributed by atoms with Gasteiger partial charge in [0.25, 0.3) is 0 Å². The summed E-state index contributed by atoms with van der Waals surface area (Å²) in [5.74, 6) is 0.556. The van der Waals surface area contributed by atoms with Crippen molar-refractivity contribution in [3.63, 3.8) is 0 Å². The van der Waals surface area contributed by atoms with Crippen molar-refractivity contribution in [1.82, 2.24) is 0 Å². The molecule has 34 heavy (non-hydrogen) atoms. The van der Waals surface area contributed by atoms with Crippen LogP contribution in [0.1, 0.15) is 25.0 Å². The van der Waals surface area contributed by atoms with Crippen LogP contribution in [0.25, 0.3) is 21.5 Å². The van der Waals surface area contributed by atoms with Crippen molar-refractivity contribution in [2.45, 2.75) is 13.8 Å². The smallest absolute Gasteiger partial charge is 0.0771 e. The average molecular weight is 516 g/mol. The first-order valence-electron chi connectivity index (χ1n) is 11.6. The van der Waals surface area contributed by atoms with Crippen molar-refractivity contribution in [2.75, 3.05) is 0 Å². The Kier molecular flexibility index (Phi) is 8.45. The summed E-state index contributed by atoms with van der Waals surface area (Å²) >= 11 is 1.46.